The van der Waals surface area contributed by atoms with Gasteiger partial charge in [-0.2, -0.15) is 0 Å². The minimum Gasteiger partial charge on any atom is -0.345 e. The summed E-state index contributed by atoms with van der Waals surface area (Å²) in [6.07, 6.45) is 0. The molecule has 6 heteroatoms. The van der Waals surface area contributed by atoms with Crippen LogP contribution in [0.25, 0.3) is 0 Å². The van der Waals surface area contributed by atoms with Gasteiger partial charge in [0.2, 0.25) is 0 Å². The van der Waals surface area contributed by atoms with Gasteiger partial charge in [0.1, 0.15) is 0 Å². The quantitative estimate of drug-likeness (QED) is 0.626. The fraction of sp³-hybridized carbons (Fsp3) is 0.174. The fourth-order valence-corrected chi connectivity index (χ4v) is 3.98. The maximum atomic E-state index is 12.8. The van der Waals surface area contributed by atoms with E-state index in [2.05, 4.69) is 10.0 Å². The molecule has 0 saturated carbocycles. The topological polar surface area (TPSA) is 75.3 Å². The number of nitrogens with one attached hydrogen (secondary N) is 2. The first-order valence-corrected chi connectivity index (χ1v) is 10.8. The first-order chi connectivity index (χ1) is 13.8. The summed E-state index contributed by atoms with van der Waals surface area (Å²) in [6, 6.07) is 20.8. The van der Waals surface area contributed by atoms with Crippen LogP contribution in [0.5, 0.6) is 0 Å². The van der Waals surface area contributed by atoms with Crippen molar-refractivity contribution in [3.8, 4) is 0 Å². The highest BCUT2D eigenvalue weighted by Crippen LogP contribution is 2.22. The smallest absolute Gasteiger partial charge is 0.261 e. The van der Waals surface area contributed by atoms with E-state index in [1.165, 1.54) is 0 Å². The Balaban J connectivity index is 1.81. The number of carbonyl (C=O) groups excluding carboxylic acids is 1. The molecule has 0 aromatic heterocycles. The lowest BCUT2D eigenvalue weighted by Crippen LogP contribution is -2.28. The van der Waals surface area contributed by atoms with Crippen molar-refractivity contribution in [1.29, 1.82) is 0 Å². The summed E-state index contributed by atoms with van der Waals surface area (Å²) in [5.41, 5.74) is 3.59. The van der Waals surface area contributed by atoms with Crippen LogP contribution in [0, 0.1) is 13.8 Å². The molecule has 0 heterocycles. The zero-order valence-corrected chi connectivity index (χ0v) is 17.5. The molecule has 0 aliphatic heterocycles. The predicted octanol–water partition coefficient (Wildman–Crippen LogP) is 4.60. The Labute approximate surface area is 171 Å². The number of benzene rings is 3. The number of sulfonamides is 1. The van der Waals surface area contributed by atoms with Crippen molar-refractivity contribution >= 4 is 21.6 Å². The van der Waals surface area contributed by atoms with E-state index < -0.39 is 10.0 Å². The van der Waals surface area contributed by atoms with Crippen LogP contribution in [0.3, 0.4) is 0 Å². The number of hydrogen-bond donors (Lipinski definition) is 2. The van der Waals surface area contributed by atoms with Crippen molar-refractivity contribution in [2.45, 2.75) is 31.7 Å². The van der Waals surface area contributed by atoms with Crippen molar-refractivity contribution < 1.29 is 13.2 Å². The summed E-state index contributed by atoms with van der Waals surface area (Å²) in [5.74, 6) is -0.347. The van der Waals surface area contributed by atoms with Gasteiger partial charge in [-0.1, -0.05) is 59.7 Å². The maximum Gasteiger partial charge on any atom is 0.261 e. The van der Waals surface area contributed by atoms with Crippen LogP contribution in [0.4, 0.5) is 5.69 Å². The highest BCUT2D eigenvalue weighted by molar-refractivity contribution is 7.92. The third kappa shape index (κ3) is 5.03. The van der Waals surface area contributed by atoms with Gasteiger partial charge < -0.3 is 5.32 Å². The second-order valence-corrected chi connectivity index (χ2v) is 8.75. The monoisotopic (exact) mass is 408 g/mol. The molecule has 3 aromatic carbocycles. The van der Waals surface area contributed by atoms with Gasteiger partial charge in [0.05, 0.1) is 22.2 Å². The lowest BCUT2D eigenvalue weighted by Gasteiger charge is -2.17. The van der Waals surface area contributed by atoms with Gasteiger partial charge in [0.25, 0.3) is 15.9 Å². The maximum absolute atomic E-state index is 12.8. The predicted molar refractivity (Wildman–Crippen MR) is 115 cm³/mol. The molecule has 1 atom stereocenters. The van der Waals surface area contributed by atoms with Crippen LogP contribution >= 0.6 is 0 Å². The Morgan fingerprint density at radius 3 is 2.00 bits per heavy atom. The Kier molecular flexibility index (Phi) is 6.03. The first kappa shape index (κ1) is 20.6. The molecule has 0 unspecified atom stereocenters. The molecule has 0 saturated heterocycles. The number of para-hydroxylation sites is 1. The van der Waals surface area contributed by atoms with Gasteiger partial charge in [-0.25, -0.2) is 8.42 Å². The van der Waals surface area contributed by atoms with Gasteiger partial charge in [-0.15, -0.1) is 0 Å². The minimum atomic E-state index is -3.80. The lowest BCUT2D eigenvalue weighted by molar-refractivity contribution is 0.0941. The van der Waals surface area contributed by atoms with Gasteiger partial charge in [0, 0.05) is 0 Å². The van der Waals surface area contributed by atoms with Crippen LogP contribution in [-0.4, -0.2) is 14.3 Å². The Morgan fingerprint density at radius 1 is 0.828 bits per heavy atom. The highest BCUT2D eigenvalue weighted by atomic mass is 32.2. The van der Waals surface area contributed by atoms with E-state index in [1.54, 1.807) is 48.5 Å². The van der Waals surface area contributed by atoms with E-state index in [1.807, 2.05) is 45.0 Å². The third-order valence-electron chi connectivity index (χ3n) is 4.67. The molecule has 29 heavy (non-hydrogen) atoms. The fourth-order valence-electron chi connectivity index (χ4n) is 2.90. The van der Waals surface area contributed by atoms with Crippen LogP contribution in [0.2, 0.25) is 0 Å². The molecule has 150 valence electrons. The van der Waals surface area contributed by atoms with E-state index in [0.717, 1.165) is 16.7 Å². The normalized spacial score (nSPS) is 12.2. The van der Waals surface area contributed by atoms with E-state index in [-0.39, 0.29) is 28.1 Å². The summed E-state index contributed by atoms with van der Waals surface area (Å²) in [4.78, 5) is 13.0. The molecule has 0 bridgehead atoms. The largest absolute Gasteiger partial charge is 0.345 e. The zero-order chi connectivity index (χ0) is 21.0. The Hall–Kier alpha value is -3.12. The van der Waals surface area contributed by atoms with Gasteiger partial charge in [-0.3, -0.25) is 9.52 Å². The molecular weight excluding hydrogens is 384 g/mol. The molecule has 1 amide bonds. The molecule has 2 N–H and O–H groups in total. The van der Waals surface area contributed by atoms with Gasteiger partial charge in [-0.05, 0) is 50.6 Å². The average Bonchev–Trinajstić information content (AvgIpc) is 2.69. The van der Waals surface area contributed by atoms with Crippen molar-refractivity contribution in [3.63, 3.8) is 0 Å². The second-order valence-electron chi connectivity index (χ2n) is 7.07. The molecule has 0 aliphatic rings. The summed E-state index contributed by atoms with van der Waals surface area (Å²) in [7, 11) is -3.80. The lowest BCUT2D eigenvalue weighted by atomic mass is 10.1. The molecule has 0 aliphatic carbocycles. The summed E-state index contributed by atoms with van der Waals surface area (Å²) >= 11 is 0. The van der Waals surface area contributed by atoms with E-state index in [0.29, 0.717) is 0 Å². The zero-order valence-electron chi connectivity index (χ0n) is 16.6. The highest BCUT2D eigenvalue weighted by Gasteiger charge is 2.19. The molecule has 3 aromatic rings. The molecule has 0 radical (unpaired) electrons. The van der Waals surface area contributed by atoms with E-state index in [4.69, 9.17) is 0 Å². The van der Waals surface area contributed by atoms with Crippen LogP contribution in [-0.2, 0) is 10.0 Å². The number of carbonyl (C=O) groups is 1. The minimum absolute atomic E-state index is 0.145. The Bertz CT molecular complexity index is 1110. The third-order valence-corrected chi connectivity index (χ3v) is 6.05. The van der Waals surface area contributed by atoms with Crippen LogP contribution in [0.1, 0.15) is 40.0 Å². The molecule has 0 spiro atoms. The standard InChI is InChI=1S/C23H24N2O3S/c1-16-8-12-19(13-9-16)18(3)24-23(26)21-6-4-5-7-22(21)25-29(27,28)20-14-10-17(2)11-15-20/h4-15,18,25H,1-3H3,(H,24,26)/t18-/m0/s1. The molecule has 5 nitrogen and oxygen atoms in total. The first-order valence-electron chi connectivity index (χ1n) is 9.32. The van der Waals surface area contributed by atoms with Crippen LogP contribution < -0.4 is 10.0 Å². The summed E-state index contributed by atoms with van der Waals surface area (Å²) in [6.45, 7) is 5.78. The van der Waals surface area contributed by atoms with Gasteiger partial charge in [0.15, 0.2) is 0 Å². The summed E-state index contributed by atoms with van der Waals surface area (Å²) < 4.78 is 28.0. The molecule has 3 rings (SSSR count). The van der Waals surface area contributed by atoms with Crippen molar-refractivity contribution in [2.75, 3.05) is 4.72 Å². The molecule has 0 fully saturated rings. The van der Waals surface area contributed by atoms with Gasteiger partial charge >= 0.3 is 0 Å². The van der Waals surface area contributed by atoms with E-state index in [9.17, 15) is 13.2 Å². The SMILES string of the molecule is Cc1ccc([C@H](C)NC(=O)c2ccccc2NS(=O)(=O)c2ccc(C)cc2)cc1. The number of hydrogen-bond acceptors (Lipinski definition) is 3. The number of anilines is 1. The van der Waals surface area contributed by atoms with Crippen molar-refractivity contribution in [1.82, 2.24) is 5.32 Å². The Morgan fingerprint density at radius 2 is 1.38 bits per heavy atom. The number of amides is 1. The average molecular weight is 409 g/mol. The van der Waals surface area contributed by atoms with E-state index >= 15 is 0 Å². The summed E-state index contributed by atoms with van der Waals surface area (Å²) in [5, 5.41) is 2.93. The van der Waals surface area contributed by atoms with Crippen LogP contribution in [0.15, 0.2) is 77.7 Å². The number of aryl methyl sites for hydroxylation is 2. The number of rotatable bonds is 6. The van der Waals surface area contributed by atoms with Crippen molar-refractivity contribution in [3.05, 3.63) is 95.1 Å². The molecular formula is C23H24N2O3S. The second kappa shape index (κ2) is 8.49. The van der Waals surface area contributed by atoms with Crippen molar-refractivity contribution in [2.24, 2.45) is 0 Å².